The Labute approximate surface area is 167 Å². The Kier molecular flexibility index (Phi) is 7.50. The van der Waals surface area contributed by atoms with Gasteiger partial charge in [0.2, 0.25) is 5.89 Å². The first-order valence-electron chi connectivity index (χ1n) is 8.33. The fourth-order valence-corrected chi connectivity index (χ4v) is 2.49. The van der Waals surface area contributed by atoms with Crippen LogP contribution in [0.5, 0.6) is 0 Å². The van der Waals surface area contributed by atoms with Gasteiger partial charge in [0.1, 0.15) is 6.26 Å². The number of benzene rings is 1. The van der Waals surface area contributed by atoms with Gasteiger partial charge in [0.05, 0.1) is 23.7 Å². The van der Waals surface area contributed by atoms with Gasteiger partial charge in [-0.2, -0.15) is 0 Å². The number of carbonyl (C=O) groups is 2. The normalized spacial score (nSPS) is 10.7. The van der Waals surface area contributed by atoms with Crippen molar-refractivity contribution in [1.82, 2.24) is 9.88 Å². The van der Waals surface area contributed by atoms with Gasteiger partial charge in [-0.3, -0.25) is 0 Å². The molecule has 0 aliphatic rings. The fraction of sp³-hybridized carbons (Fsp3) is 0.389. The number of amides is 2. The molecule has 1 aromatic heterocycles. The van der Waals surface area contributed by atoms with Crippen LogP contribution >= 0.6 is 23.2 Å². The van der Waals surface area contributed by atoms with E-state index in [-0.39, 0.29) is 24.2 Å². The number of nitrogens with zero attached hydrogens (tertiary/aromatic N) is 2. The lowest BCUT2D eigenvalue weighted by molar-refractivity contribution is 0.0594. The smallest absolute Gasteiger partial charge is 0.360 e. The maximum atomic E-state index is 12.7. The third kappa shape index (κ3) is 6.15. The molecule has 0 saturated carbocycles. The van der Waals surface area contributed by atoms with E-state index in [0.717, 1.165) is 6.42 Å². The molecule has 0 spiro atoms. The average Bonchev–Trinajstić information content (AvgIpc) is 3.09. The molecule has 0 aliphatic heterocycles. The molecule has 0 aliphatic carbocycles. The molecule has 2 amide bonds. The van der Waals surface area contributed by atoms with Crippen molar-refractivity contribution in [3.05, 3.63) is 46.1 Å². The average molecular weight is 414 g/mol. The van der Waals surface area contributed by atoms with Crippen molar-refractivity contribution in [2.45, 2.75) is 26.8 Å². The first kappa shape index (κ1) is 21.1. The number of aromatic nitrogens is 1. The summed E-state index contributed by atoms with van der Waals surface area (Å²) in [5, 5.41) is 3.53. The summed E-state index contributed by atoms with van der Waals surface area (Å²) in [6.07, 6.45) is 2.00. The van der Waals surface area contributed by atoms with E-state index in [0.29, 0.717) is 28.2 Å². The molecular formula is C18H21Cl2N3O4. The van der Waals surface area contributed by atoms with E-state index in [1.807, 2.05) is 0 Å². The molecule has 146 valence electrons. The maximum Gasteiger partial charge on any atom is 0.360 e. The van der Waals surface area contributed by atoms with Crippen molar-refractivity contribution in [1.29, 1.82) is 0 Å². The molecule has 0 saturated heterocycles. The predicted molar refractivity (Wildman–Crippen MR) is 103 cm³/mol. The number of ether oxygens (including phenoxy) is 1. The van der Waals surface area contributed by atoms with Crippen molar-refractivity contribution >= 4 is 40.9 Å². The van der Waals surface area contributed by atoms with Crippen LogP contribution < -0.4 is 5.32 Å². The van der Waals surface area contributed by atoms with Gasteiger partial charge in [-0.1, -0.05) is 37.0 Å². The number of methoxy groups -OCH3 is 1. The lowest BCUT2D eigenvalue weighted by Crippen LogP contribution is -2.36. The van der Waals surface area contributed by atoms with Gasteiger partial charge >= 0.3 is 12.0 Å². The fourth-order valence-electron chi connectivity index (χ4n) is 2.19. The van der Waals surface area contributed by atoms with Crippen LogP contribution in [0, 0.1) is 5.92 Å². The summed E-state index contributed by atoms with van der Waals surface area (Å²) < 4.78 is 9.89. The highest BCUT2D eigenvalue weighted by Crippen LogP contribution is 2.25. The number of hydrogen-bond donors (Lipinski definition) is 1. The zero-order valence-electron chi connectivity index (χ0n) is 15.3. The summed E-state index contributed by atoms with van der Waals surface area (Å²) in [5.74, 6) is 0.0444. The standard InChI is InChI=1S/C18H21Cl2N3O4/c1-11(2)6-7-23(9-16-22-15(10-27-16)17(24)26-3)18(25)21-12-4-5-13(19)14(20)8-12/h4-5,8,10-11H,6-7,9H2,1-3H3,(H,21,25). The SMILES string of the molecule is COC(=O)c1coc(CN(CCC(C)C)C(=O)Nc2ccc(Cl)c(Cl)c2)n1. The molecule has 9 heteroatoms. The molecule has 1 N–H and O–H groups in total. The third-order valence-corrected chi connectivity index (χ3v) is 4.45. The van der Waals surface area contributed by atoms with Gasteiger partial charge in [-0.25, -0.2) is 14.6 Å². The number of rotatable bonds is 7. The summed E-state index contributed by atoms with van der Waals surface area (Å²) in [6.45, 7) is 4.72. The minimum Gasteiger partial charge on any atom is -0.464 e. The second-order valence-electron chi connectivity index (χ2n) is 6.28. The van der Waals surface area contributed by atoms with E-state index in [9.17, 15) is 9.59 Å². The van der Waals surface area contributed by atoms with Gasteiger partial charge < -0.3 is 19.4 Å². The topological polar surface area (TPSA) is 84.7 Å². The number of urea groups is 1. The van der Waals surface area contributed by atoms with Gasteiger partial charge in [-0.15, -0.1) is 0 Å². The van der Waals surface area contributed by atoms with Gasteiger partial charge in [0, 0.05) is 12.2 Å². The minimum atomic E-state index is -0.598. The molecular weight excluding hydrogens is 393 g/mol. The van der Waals surface area contributed by atoms with Crippen LogP contribution in [-0.4, -0.2) is 35.5 Å². The van der Waals surface area contributed by atoms with E-state index >= 15 is 0 Å². The zero-order chi connectivity index (χ0) is 20.0. The Bertz CT molecular complexity index is 808. The first-order chi connectivity index (χ1) is 12.8. The summed E-state index contributed by atoms with van der Waals surface area (Å²) >= 11 is 11.9. The molecule has 0 radical (unpaired) electrons. The second kappa shape index (κ2) is 9.62. The summed E-state index contributed by atoms with van der Waals surface area (Å²) in [4.78, 5) is 29.8. The van der Waals surface area contributed by atoms with Crippen LogP contribution in [0.25, 0.3) is 0 Å². The molecule has 0 fully saturated rings. The highest BCUT2D eigenvalue weighted by molar-refractivity contribution is 6.42. The van der Waals surface area contributed by atoms with Gasteiger partial charge in [0.25, 0.3) is 0 Å². The zero-order valence-corrected chi connectivity index (χ0v) is 16.8. The number of halogens is 2. The second-order valence-corrected chi connectivity index (χ2v) is 7.10. The molecule has 7 nitrogen and oxygen atoms in total. The Hall–Kier alpha value is -2.25. The number of esters is 1. The van der Waals surface area contributed by atoms with Gasteiger partial charge in [-0.05, 0) is 30.5 Å². The highest BCUT2D eigenvalue weighted by atomic mass is 35.5. The number of oxazole rings is 1. The lowest BCUT2D eigenvalue weighted by atomic mass is 10.1. The number of nitrogens with one attached hydrogen (secondary N) is 1. The van der Waals surface area contributed by atoms with Crippen molar-refractivity contribution in [2.24, 2.45) is 5.92 Å². The Morgan fingerprint density at radius 1 is 1.30 bits per heavy atom. The largest absolute Gasteiger partial charge is 0.464 e. The molecule has 0 unspecified atom stereocenters. The van der Waals surface area contributed by atoms with Crippen LogP contribution in [0.1, 0.15) is 36.6 Å². The van der Waals surface area contributed by atoms with Crippen LogP contribution in [-0.2, 0) is 11.3 Å². The number of anilines is 1. The summed E-state index contributed by atoms with van der Waals surface area (Å²) in [5.41, 5.74) is 0.577. The first-order valence-corrected chi connectivity index (χ1v) is 9.09. The minimum absolute atomic E-state index is 0.0567. The Morgan fingerprint density at radius 3 is 2.67 bits per heavy atom. The molecule has 1 aromatic carbocycles. The Morgan fingerprint density at radius 2 is 2.04 bits per heavy atom. The molecule has 2 rings (SSSR count). The van der Waals surface area contributed by atoms with Crippen molar-refractivity contribution in [3.8, 4) is 0 Å². The number of carbonyl (C=O) groups excluding carboxylic acids is 2. The van der Waals surface area contributed by atoms with Crippen LogP contribution in [0.3, 0.4) is 0 Å². The Balaban J connectivity index is 2.12. The summed E-state index contributed by atoms with van der Waals surface area (Å²) in [7, 11) is 1.26. The third-order valence-electron chi connectivity index (χ3n) is 3.71. The van der Waals surface area contributed by atoms with E-state index in [4.69, 9.17) is 27.6 Å². The van der Waals surface area contributed by atoms with E-state index in [1.54, 1.807) is 23.1 Å². The molecule has 27 heavy (non-hydrogen) atoms. The van der Waals surface area contributed by atoms with E-state index < -0.39 is 5.97 Å². The van der Waals surface area contributed by atoms with Crippen LogP contribution in [0.2, 0.25) is 10.0 Å². The van der Waals surface area contributed by atoms with E-state index in [1.165, 1.54) is 13.4 Å². The lowest BCUT2D eigenvalue weighted by Gasteiger charge is -2.22. The monoisotopic (exact) mass is 413 g/mol. The quantitative estimate of drug-likeness (QED) is 0.655. The van der Waals surface area contributed by atoms with Crippen LogP contribution in [0.15, 0.2) is 28.9 Å². The highest BCUT2D eigenvalue weighted by Gasteiger charge is 2.19. The van der Waals surface area contributed by atoms with Crippen LogP contribution in [0.4, 0.5) is 10.5 Å². The predicted octanol–water partition coefficient (Wildman–Crippen LogP) is 4.85. The molecule has 0 atom stereocenters. The summed E-state index contributed by atoms with van der Waals surface area (Å²) in [6, 6.07) is 4.50. The van der Waals surface area contributed by atoms with Crippen molar-refractivity contribution in [2.75, 3.05) is 19.0 Å². The molecule has 1 heterocycles. The number of hydrogen-bond acceptors (Lipinski definition) is 5. The van der Waals surface area contributed by atoms with Crippen molar-refractivity contribution < 1.29 is 18.7 Å². The van der Waals surface area contributed by atoms with E-state index in [2.05, 4.69) is 28.9 Å². The van der Waals surface area contributed by atoms with Gasteiger partial charge in [0.15, 0.2) is 5.69 Å². The molecule has 2 aromatic rings. The van der Waals surface area contributed by atoms with Crippen molar-refractivity contribution in [3.63, 3.8) is 0 Å². The molecule has 0 bridgehead atoms. The maximum absolute atomic E-state index is 12.7.